The van der Waals surface area contributed by atoms with Gasteiger partial charge in [-0.1, -0.05) is 90.3 Å². The summed E-state index contributed by atoms with van der Waals surface area (Å²) < 4.78 is 26.5. The van der Waals surface area contributed by atoms with Crippen LogP contribution in [0.1, 0.15) is 49.8 Å². The molecule has 42 heavy (non-hydrogen) atoms. The summed E-state index contributed by atoms with van der Waals surface area (Å²) in [7, 11) is -3.71. The van der Waals surface area contributed by atoms with Crippen LogP contribution in [0.5, 0.6) is 0 Å². The first kappa shape index (κ1) is 33.4. The largest absolute Gasteiger partial charge is 0.352 e. The van der Waals surface area contributed by atoms with Crippen LogP contribution in [0.15, 0.2) is 72.8 Å². The van der Waals surface area contributed by atoms with Gasteiger partial charge in [0, 0.05) is 37.0 Å². The van der Waals surface area contributed by atoms with E-state index in [1.54, 1.807) is 11.0 Å². The molecule has 3 aromatic rings. The second-order valence-corrected chi connectivity index (χ2v) is 13.3. The molecule has 0 aliphatic carbocycles. The Balaban J connectivity index is 1.90. The lowest BCUT2D eigenvalue weighted by atomic mass is 10.0. The molecule has 3 aromatic carbocycles. The second-order valence-electron chi connectivity index (χ2n) is 10.6. The van der Waals surface area contributed by atoms with Crippen LogP contribution in [0.4, 0.5) is 5.69 Å². The van der Waals surface area contributed by atoms with Crippen molar-refractivity contribution in [1.82, 2.24) is 10.2 Å². The molecule has 0 saturated carbocycles. The molecule has 1 N–H and O–H groups in total. The molecule has 10 heteroatoms. The van der Waals surface area contributed by atoms with Gasteiger partial charge in [0.2, 0.25) is 21.8 Å². The van der Waals surface area contributed by atoms with E-state index in [1.165, 1.54) is 12.1 Å². The van der Waals surface area contributed by atoms with Gasteiger partial charge < -0.3 is 10.2 Å². The van der Waals surface area contributed by atoms with Crippen molar-refractivity contribution in [2.24, 2.45) is 0 Å². The van der Waals surface area contributed by atoms with Crippen molar-refractivity contribution < 1.29 is 18.0 Å². The highest BCUT2D eigenvalue weighted by Gasteiger charge is 2.31. The van der Waals surface area contributed by atoms with E-state index in [1.807, 2.05) is 75.4 Å². The first-order valence-electron chi connectivity index (χ1n) is 14.0. The number of carbonyl (C=O) groups excluding carboxylic acids is 2. The van der Waals surface area contributed by atoms with Crippen molar-refractivity contribution in [3.05, 3.63) is 99.5 Å². The van der Waals surface area contributed by atoms with Crippen LogP contribution in [0, 0.1) is 6.92 Å². The number of carbonyl (C=O) groups is 2. The molecular weight excluding hydrogens is 593 g/mol. The summed E-state index contributed by atoms with van der Waals surface area (Å²) in [5, 5.41) is 3.64. The number of hydrogen-bond donors (Lipinski definition) is 1. The van der Waals surface area contributed by atoms with Crippen molar-refractivity contribution in [2.75, 3.05) is 17.1 Å². The quantitative estimate of drug-likeness (QED) is 0.223. The molecule has 3 rings (SSSR count). The standard InChI is InChI=1S/C32H39Cl2N3O4S/c1-5-24(3)35-32(39)30(20-25-10-7-6-8-11-25)36(22-26-15-13-23(2)14-16-26)31(38)12-9-19-37(42(4,40)41)29-21-27(33)17-18-28(29)34/h6-8,10-11,13-18,21,24,30H,5,9,12,19-20,22H2,1-4H3,(H,35,39)/t24-,30+/m1/s1. The first-order chi connectivity index (χ1) is 19.9. The molecule has 2 atom stereocenters. The number of halogens is 2. The number of aryl methyl sites for hydroxylation is 1. The maximum Gasteiger partial charge on any atom is 0.243 e. The zero-order chi connectivity index (χ0) is 30.9. The average Bonchev–Trinajstić information content (AvgIpc) is 2.95. The van der Waals surface area contributed by atoms with Crippen molar-refractivity contribution in [3.63, 3.8) is 0 Å². The average molecular weight is 633 g/mol. The van der Waals surface area contributed by atoms with E-state index in [9.17, 15) is 18.0 Å². The molecule has 226 valence electrons. The van der Waals surface area contributed by atoms with Crippen LogP contribution in [0.25, 0.3) is 0 Å². The van der Waals surface area contributed by atoms with E-state index >= 15 is 0 Å². The van der Waals surface area contributed by atoms with Crippen molar-refractivity contribution in [1.29, 1.82) is 0 Å². The zero-order valence-electron chi connectivity index (χ0n) is 24.5. The van der Waals surface area contributed by atoms with E-state index in [-0.39, 0.29) is 54.5 Å². The van der Waals surface area contributed by atoms with E-state index in [0.717, 1.165) is 33.7 Å². The molecule has 0 radical (unpaired) electrons. The summed E-state index contributed by atoms with van der Waals surface area (Å²) in [5.74, 6) is -0.474. The first-order valence-corrected chi connectivity index (χ1v) is 16.6. The number of benzene rings is 3. The number of rotatable bonds is 14. The molecule has 0 spiro atoms. The monoisotopic (exact) mass is 631 g/mol. The smallest absolute Gasteiger partial charge is 0.243 e. The van der Waals surface area contributed by atoms with Gasteiger partial charge in [-0.15, -0.1) is 0 Å². The van der Waals surface area contributed by atoms with Crippen molar-refractivity contribution in [3.8, 4) is 0 Å². The van der Waals surface area contributed by atoms with Gasteiger partial charge in [0.25, 0.3) is 0 Å². The lowest BCUT2D eigenvalue weighted by molar-refractivity contribution is -0.141. The minimum absolute atomic E-state index is 0.0193. The number of sulfonamides is 1. The molecule has 0 unspecified atom stereocenters. The summed E-state index contributed by atoms with van der Waals surface area (Å²) in [5.41, 5.74) is 3.17. The Morgan fingerprint density at radius 3 is 2.24 bits per heavy atom. The number of nitrogens with one attached hydrogen (secondary N) is 1. The Bertz CT molecular complexity index is 1450. The van der Waals surface area contributed by atoms with Gasteiger partial charge in [-0.2, -0.15) is 0 Å². The third kappa shape index (κ3) is 9.75. The summed E-state index contributed by atoms with van der Waals surface area (Å²) in [6.07, 6.45) is 2.42. The van der Waals surface area contributed by atoms with Gasteiger partial charge >= 0.3 is 0 Å². The summed E-state index contributed by atoms with van der Waals surface area (Å²) >= 11 is 12.4. The lowest BCUT2D eigenvalue weighted by Crippen LogP contribution is -2.52. The molecule has 0 bridgehead atoms. The van der Waals surface area contributed by atoms with E-state index in [2.05, 4.69) is 5.32 Å². The van der Waals surface area contributed by atoms with E-state index < -0.39 is 16.1 Å². The minimum atomic E-state index is -3.71. The fourth-order valence-corrected chi connectivity index (χ4v) is 5.95. The summed E-state index contributed by atoms with van der Waals surface area (Å²) in [6.45, 7) is 6.17. The Labute approximate surface area is 259 Å². The summed E-state index contributed by atoms with van der Waals surface area (Å²) in [4.78, 5) is 29.2. The Hall–Kier alpha value is -3.07. The maximum atomic E-state index is 13.9. The van der Waals surface area contributed by atoms with Crippen LogP contribution in [-0.4, -0.2) is 50.0 Å². The second kappa shape index (κ2) is 15.4. The van der Waals surface area contributed by atoms with Gasteiger partial charge in [-0.3, -0.25) is 13.9 Å². The fourth-order valence-electron chi connectivity index (χ4n) is 4.54. The van der Waals surface area contributed by atoms with Crippen LogP contribution in [-0.2, 0) is 32.6 Å². The van der Waals surface area contributed by atoms with Gasteiger partial charge in [0.15, 0.2) is 0 Å². The number of hydrogen-bond acceptors (Lipinski definition) is 4. The van der Waals surface area contributed by atoms with Crippen LogP contribution >= 0.6 is 23.2 Å². The lowest BCUT2D eigenvalue weighted by Gasteiger charge is -2.33. The highest BCUT2D eigenvalue weighted by atomic mass is 35.5. The predicted molar refractivity (Wildman–Crippen MR) is 171 cm³/mol. The molecule has 0 heterocycles. The molecule has 2 amide bonds. The highest BCUT2D eigenvalue weighted by molar-refractivity contribution is 7.92. The maximum absolute atomic E-state index is 13.9. The third-order valence-corrected chi connectivity index (χ3v) is 8.81. The van der Waals surface area contributed by atoms with Gasteiger partial charge in [-0.05, 0) is 56.0 Å². The Kier molecular flexibility index (Phi) is 12.3. The predicted octanol–water partition coefficient (Wildman–Crippen LogP) is 6.40. The Morgan fingerprint density at radius 2 is 1.62 bits per heavy atom. The number of nitrogens with zero attached hydrogens (tertiary/aromatic N) is 2. The topological polar surface area (TPSA) is 86.8 Å². The van der Waals surface area contributed by atoms with Gasteiger partial charge in [0.05, 0.1) is 17.0 Å². The van der Waals surface area contributed by atoms with Crippen LogP contribution in [0.3, 0.4) is 0 Å². The van der Waals surface area contributed by atoms with Crippen LogP contribution < -0.4 is 9.62 Å². The van der Waals surface area contributed by atoms with Gasteiger partial charge in [0.1, 0.15) is 6.04 Å². The molecule has 0 fully saturated rings. The number of amides is 2. The molecule has 0 aromatic heterocycles. The van der Waals surface area contributed by atoms with Crippen molar-refractivity contribution in [2.45, 2.75) is 65.1 Å². The number of anilines is 1. The molecular formula is C32H39Cl2N3O4S. The Morgan fingerprint density at radius 1 is 0.952 bits per heavy atom. The highest BCUT2D eigenvalue weighted by Crippen LogP contribution is 2.31. The van der Waals surface area contributed by atoms with Gasteiger partial charge in [-0.25, -0.2) is 8.42 Å². The van der Waals surface area contributed by atoms with Crippen LogP contribution in [0.2, 0.25) is 10.0 Å². The third-order valence-electron chi connectivity index (χ3n) is 7.07. The summed E-state index contributed by atoms with van der Waals surface area (Å²) in [6, 6.07) is 21.3. The molecule has 0 saturated heterocycles. The zero-order valence-corrected chi connectivity index (χ0v) is 26.8. The molecule has 7 nitrogen and oxygen atoms in total. The van der Waals surface area contributed by atoms with E-state index in [0.29, 0.717) is 11.4 Å². The molecule has 0 aliphatic rings. The molecule has 0 aliphatic heterocycles. The van der Waals surface area contributed by atoms with Crippen molar-refractivity contribution >= 4 is 50.7 Å². The van der Waals surface area contributed by atoms with E-state index in [4.69, 9.17) is 23.2 Å². The normalized spacial score (nSPS) is 12.8. The fraction of sp³-hybridized carbons (Fsp3) is 0.375. The minimum Gasteiger partial charge on any atom is -0.352 e. The SMILES string of the molecule is CC[C@@H](C)NC(=O)[C@H](Cc1ccccc1)N(Cc1ccc(C)cc1)C(=O)CCCN(c1cc(Cl)ccc1Cl)S(C)(=O)=O.